The van der Waals surface area contributed by atoms with Crippen molar-refractivity contribution in [3.05, 3.63) is 12.2 Å². The molecule has 0 bridgehead atoms. The van der Waals surface area contributed by atoms with E-state index in [1.807, 2.05) is 0 Å². The summed E-state index contributed by atoms with van der Waals surface area (Å²) in [6.45, 7) is 4.51. The molecular weight excluding hydrogens is 112 g/mol. The standard InChI is InChI=1S/C8H16O/c1-3-5-8(2)6-4-7-9/h4,6,8-9H,3,5,7H2,1-2H3/b6-4+/t8-/m0/s1. The van der Waals surface area contributed by atoms with Gasteiger partial charge in [0.05, 0.1) is 6.61 Å². The van der Waals surface area contributed by atoms with Crippen LogP contribution in [-0.2, 0) is 0 Å². The van der Waals surface area contributed by atoms with Crippen molar-refractivity contribution in [1.29, 1.82) is 0 Å². The highest BCUT2D eigenvalue weighted by atomic mass is 16.2. The van der Waals surface area contributed by atoms with E-state index in [2.05, 4.69) is 19.9 Å². The molecule has 0 aliphatic carbocycles. The Kier molecular flexibility index (Phi) is 5.64. The van der Waals surface area contributed by atoms with E-state index >= 15 is 0 Å². The van der Waals surface area contributed by atoms with Crippen LogP contribution in [0, 0.1) is 5.92 Å². The predicted molar refractivity (Wildman–Crippen MR) is 40.3 cm³/mol. The molecule has 1 heteroatoms. The quantitative estimate of drug-likeness (QED) is 0.574. The maximum absolute atomic E-state index is 8.40. The number of aliphatic hydroxyl groups excluding tert-OH is 1. The smallest absolute Gasteiger partial charge is 0.0612 e. The van der Waals surface area contributed by atoms with E-state index in [0.717, 1.165) is 0 Å². The predicted octanol–water partition coefficient (Wildman–Crippen LogP) is 1.97. The number of hydrogen-bond donors (Lipinski definition) is 1. The zero-order valence-corrected chi connectivity index (χ0v) is 6.30. The van der Waals surface area contributed by atoms with Gasteiger partial charge in [-0.15, -0.1) is 0 Å². The minimum atomic E-state index is 0.175. The van der Waals surface area contributed by atoms with Crippen molar-refractivity contribution in [3.8, 4) is 0 Å². The van der Waals surface area contributed by atoms with Gasteiger partial charge in [0, 0.05) is 0 Å². The van der Waals surface area contributed by atoms with Crippen LogP contribution in [0.15, 0.2) is 12.2 Å². The van der Waals surface area contributed by atoms with Gasteiger partial charge in [-0.25, -0.2) is 0 Å². The molecule has 0 unspecified atom stereocenters. The minimum Gasteiger partial charge on any atom is -0.392 e. The van der Waals surface area contributed by atoms with Crippen molar-refractivity contribution >= 4 is 0 Å². The molecule has 1 N–H and O–H groups in total. The first-order valence-corrected chi connectivity index (χ1v) is 3.58. The molecule has 0 aliphatic rings. The Hall–Kier alpha value is -0.300. The van der Waals surface area contributed by atoms with Gasteiger partial charge in [-0.1, -0.05) is 32.4 Å². The van der Waals surface area contributed by atoms with Gasteiger partial charge in [-0.2, -0.15) is 0 Å². The highest BCUT2D eigenvalue weighted by Crippen LogP contribution is 2.05. The molecule has 9 heavy (non-hydrogen) atoms. The fourth-order valence-corrected chi connectivity index (χ4v) is 0.845. The van der Waals surface area contributed by atoms with E-state index in [4.69, 9.17) is 5.11 Å². The summed E-state index contributed by atoms with van der Waals surface area (Å²) in [5.41, 5.74) is 0. The molecular formula is C8H16O. The summed E-state index contributed by atoms with van der Waals surface area (Å²) in [7, 11) is 0. The molecule has 0 spiro atoms. The summed E-state index contributed by atoms with van der Waals surface area (Å²) in [6, 6.07) is 0. The van der Waals surface area contributed by atoms with Gasteiger partial charge in [0.25, 0.3) is 0 Å². The van der Waals surface area contributed by atoms with Gasteiger partial charge in [-0.3, -0.25) is 0 Å². The molecule has 54 valence electrons. The molecule has 0 rings (SSSR count). The van der Waals surface area contributed by atoms with Crippen LogP contribution in [-0.4, -0.2) is 11.7 Å². The van der Waals surface area contributed by atoms with Gasteiger partial charge in [0.15, 0.2) is 0 Å². The summed E-state index contributed by atoms with van der Waals surface area (Å²) in [5, 5.41) is 8.40. The Balaban J connectivity index is 3.25. The van der Waals surface area contributed by atoms with E-state index in [1.54, 1.807) is 6.08 Å². The maximum Gasteiger partial charge on any atom is 0.0612 e. The van der Waals surface area contributed by atoms with Crippen molar-refractivity contribution < 1.29 is 5.11 Å². The highest BCUT2D eigenvalue weighted by molar-refractivity contribution is 4.85. The van der Waals surface area contributed by atoms with Crippen LogP contribution in [0.5, 0.6) is 0 Å². The van der Waals surface area contributed by atoms with Gasteiger partial charge in [-0.05, 0) is 12.3 Å². The summed E-state index contributed by atoms with van der Waals surface area (Å²) < 4.78 is 0. The van der Waals surface area contributed by atoms with Crippen LogP contribution in [0.2, 0.25) is 0 Å². The van der Waals surface area contributed by atoms with E-state index < -0.39 is 0 Å². The fourth-order valence-electron chi connectivity index (χ4n) is 0.845. The molecule has 0 amide bonds. The summed E-state index contributed by atoms with van der Waals surface area (Å²) in [6.07, 6.45) is 6.30. The van der Waals surface area contributed by atoms with Crippen LogP contribution >= 0.6 is 0 Å². The molecule has 0 aromatic carbocycles. The summed E-state index contributed by atoms with van der Waals surface area (Å²) >= 11 is 0. The Morgan fingerprint density at radius 3 is 2.67 bits per heavy atom. The largest absolute Gasteiger partial charge is 0.392 e. The number of allylic oxidation sites excluding steroid dienone is 1. The van der Waals surface area contributed by atoms with Crippen molar-refractivity contribution in [3.63, 3.8) is 0 Å². The van der Waals surface area contributed by atoms with Gasteiger partial charge < -0.3 is 5.11 Å². The molecule has 0 saturated carbocycles. The molecule has 0 radical (unpaired) electrons. The van der Waals surface area contributed by atoms with Crippen molar-refractivity contribution in [2.45, 2.75) is 26.7 Å². The Bertz CT molecular complexity index is 76.6. The normalized spacial score (nSPS) is 14.6. The van der Waals surface area contributed by atoms with Gasteiger partial charge in [0.1, 0.15) is 0 Å². The molecule has 0 aromatic heterocycles. The van der Waals surface area contributed by atoms with Crippen LogP contribution in [0.3, 0.4) is 0 Å². The second-order valence-electron chi connectivity index (χ2n) is 2.38. The average Bonchev–Trinajstić information content (AvgIpc) is 1.85. The molecule has 0 aromatic rings. The first-order valence-electron chi connectivity index (χ1n) is 3.58. The van der Waals surface area contributed by atoms with Crippen molar-refractivity contribution in [2.24, 2.45) is 5.92 Å². The summed E-state index contributed by atoms with van der Waals surface area (Å²) in [4.78, 5) is 0. The lowest BCUT2D eigenvalue weighted by Crippen LogP contribution is -1.87. The second kappa shape index (κ2) is 5.83. The summed E-state index contributed by atoms with van der Waals surface area (Å²) in [5.74, 6) is 0.627. The van der Waals surface area contributed by atoms with Crippen LogP contribution < -0.4 is 0 Å². The maximum atomic E-state index is 8.40. The third-order valence-electron chi connectivity index (χ3n) is 1.31. The zero-order chi connectivity index (χ0) is 7.11. The molecule has 0 aliphatic heterocycles. The SMILES string of the molecule is CCC[C@H](C)/C=C/CO. The Morgan fingerprint density at radius 1 is 1.56 bits per heavy atom. The highest BCUT2D eigenvalue weighted by Gasteiger charge is 1.91. The van der Waals surface area contributed by atoms with Gasteiger partial charge >= 0.3 is 0 Å². The second-order valence-corrected chi connectivity index (χ2v) is 2.38. The molecule has 0 fully saturated rings. The van der Waals surface area contributed by atoms with Crippen molar-refractivity contribution in [1.82, 2.24) is 0 Å². The minimum absolute atomic E-state index is 0.175. The van der Waals surface area contributed by atoms with Gasteiger partial charge in [0.2, 0.25) is 0 Å². The van der Waals surface area contributed by atoms with Crippen molar-refractivity contribution in [2.75, 3.05) is 6.61 Å². The fraction of sp³-hybridized carbons (Fsp3) is 0.750. The lowest BCUT2D eigenvalue weighted by atomic mass is 10.1. The number of rotatable bonds is 4. The lowest BCUT2D eigenvalue weighted by Gasteiger charge is -2.00. The first-order chi connectivity index (χ1) is 4.31. The topological polar surface area (TPSA) is 20.2 Å². The molecule has 0 heterocycles. The van der Waals surface area contributed by atoms with Crippen LogP contribution in [0.4, 0.5) is 0 Å². The van der Waals surface area contributed by atoms with E-state index in [0.29, 0.717) is 5.92 Å². The van der Waals surface area contributed by atoms with Crippen LogP contribution in [0.25, 0.3) is 0 Å². The third-order valence-corrected chi connectivity index (χ3v) is 1.31. The number of hydrogen-bond acceptors (Lipinski definition) is 1. The van der Waals surface area contributed by atoms with E-state index in [9.17, 15) is 0 Å². The average molecular weight is 128 g/mol. The zero-order valence-electron chi connectivity index (χ0n) is 6.30. The number of aliphatic hydroxyl groups is 1. The first kappa shape index (κ1) is 8.70. The third kappa shape index (κ3) is 5.57. The van der Waals surface area contributed by atoms with Crippen LogP contribution in [0.1, 0.15) is 26.7 Å². The lowest BCUT2D eigenvalue weighted by molar-refractivity contribution is 0.341. The van der Waals surface area contributed by atoms with E-state index in [-0.39, 0.29) is 6.61 Å². The molecule has 0 saturated heterocycles. The molecule has 1 atom stereocenters. The monoisotopic (exact) mass is 128 g/mol. The Morgan fingerprint density at radius 2 is 2.22 bits per heavy atom. The Labute approximate surface area is 57.4 Å². The van der Waals surface area contributed by atoms with E-state index in [1.165, 1.54) is 12.8 Å². The molecule has 1 nitrogen and oxygen atoms in total.